The number of aromatic nitrogens is 8. The average Bonchev–Trinajstić information content (AvgIpc) is 1.53. The average molecular weight is 1680 g/mol. The fourth-order valence-electron chi connectivity index (χ4n) is 17.2. The van der Waals surface area contributed by atoms with Gasteiger partial charge in [-0.15, -0.1) is 0 Å². The SMILES string of the molecule is CC(C)(C)c1cc(-c2c3nc(c(-c4cc(C(C)(C)C)cc(C(C)(C)C)c4)c4cc5c6cc7nc6c6c8[nH]c(cc8c8cc(nc8c6c5[nH]4)c(-c4cc(C(C)(C)C)cc(C(C)(C)C)c4)c4ccc2[nH]4)c(-c2c(F)c(F)c(F)c(F)c2F)c2nc(c(-c4c(F)c(F)c(F)c(F)c4F)c4ccc([nH]4)c7-c4c(F)c(F)c(F)c(F)c4F)C=C2)C=C3)cc(C(C)(C)C)c1. The molecule has 4 N–H and O–H groups in total. The van der Waals surface area contributed by atoms with Crippen molar-refractivity contribution in [1.29, 1.82) is 0 Å². The molecule has 624 valence electrons. The summed E-state index contributed by atoms with van der Waals surface area (Å²) in [6, 6.07) is 31.2. The number of rotatable bonds is 6. The van der Waals surface area contributed by atoms with Crippen molar-refractivity contribution in [2.24, 2.45) is 0 Å². The third kappa shape index (κ3) is 12.7. The largest absolute Gasteiger partial charge is 0.354 e. The zero-order valence-corrected chi connectivity index (χ0v) is 70.1. The van der Waals surface area contributed by atoms with Gasteiger partial charge in [-0.2, -0.15) is 0 Å². The second-order valence-corrected chi connectivity index (χ2v) is 38.5. The first-order chi connectivity index (χ1) is 57.5. The smallest absolute Gasteiger partial charge is 0.200 e. The predicted molar refractivity (Wildman–Crippen MR) is 461 cm³/mol. The molecule has 8 aromatic heterocycles. The number of nitrogens with zero attached hydrogens (tertiary/aromatic N) is 4. The van der Waals surface area contributed by atoms with Gasteiger partial charge in [0.2, 0.25) is 17.5 Å². The van der Waals surface area contributed by atoms with E-state index in [-0.39, 0.29) is 70.7 Å². The van der Waals surface area contributed by atoms with Gasteiger partial charge in [0.1, 0.15) is 0 Å². The van der Waals surface area contributed by atoms with Crippen LogP contribution < -0.4 is 0 Å². The molecule has 0 amide bonds. The first-order valence-electron chi connectivity index (χ1n) is 40.0. The minimum atomic E-state index is -2.64. The highest BCUT2D eigenvalue weighted by molar-refractivity contribution is 6.39. The molecule has 0 fully saturated rings. The topological polar surface area (TPSA) is 115 Å². The monoisotopic (exact) mass is 1680 g/mol. The summed E-state index contributed by atoms with van der Waals surface area (Å²) in [4.78, 5) is 35.1. The molecule has 0 saturated heterocycles. The lowest BCUT2D eigenvalue weighted by atomic mass is 9.78. The van der Waals surface area contributed by atoms with E-state index in [1.807, 2.05) is 24.3 Å². The zero-order chi connectivity index (χ0) is 88.3. The fraction of sp³-hybridized carbons (Fsp3) is 0.240. The van der Waals surface area contributed by atoms with Gasteiger partial charge in [0, 0.05) is 98.8 Å². The summed E-state index contributed by atoms with van der Waals surface area (Å²) in [5.41, 5.74) is -2.31. The molecule has 0 spiro atoms. The molecule has 0 atom stereocenters. The second kappa shape index (κ2) is 27.2. The van der Waals surface area contributed by atoms with Crippen molar-refractivity contribution >= 4 is 123 Å². The van der Waals surface area contributed by atoms with Crippen LogP contribution in [0.5, 0.6) is 0 Å². The summed E-state index contributed by atoms with van der Waals surface area (Å²) in [5.74, 6) is -37.2. The number of aromatic amines is 4. The molecular weight excluding hydrogens is 1600 g/mol. The van der Waals surface area contributed by atoms with Gasteiger partial charge >= 0.3 is 0 Å². The standard InChI is InChI=1S/C100H79F15N8/c1-95(2,3)43-27-40(28-44(33-43)96(4,5)6)65-53-19-21-55(116-53)66(41-29-45(97(7,8)9)34-46(30-41)98(10,11)12)61-36-49-51-38-63-69(72-78(103)84(109)89(114)85(110)79(72)104)59-25-23-57(118-59)68(71-76(101)82(107)88(113)83(108)77(71)102)58-24-26-60(119-58)70(73-80(105)86(111)90(115)87(112)81(73)106)64-39-52-50-37-62(121-92(50)74(91(49)120-61)75(93(51)122-63)94(52)123-64)67(56-22-20-54(65)117-56)42-31-47(99(13,14)15)35-48(32-42)100(16,17)18/h19-39,116,119,121-122H,1-18H3. The molecule has 2 aliphatic heterocycles. The van der Waals surface area contributed by atoms with E-state index in [2.05, 4.69) is 204 Å². The summed E-state index contributed by atoms with van der Waals surface area (Å²) in [5, 5.41) is 0.801. The van der Waals surface area contributed by atoms with Gasteiger partial charge in [0.05, 0.1) is 72.6 Å². The normalized spacial score (nSPS) is 13.3. The van der Waals surface area contributed by atoms with E-state index < -0.39 is 176 Å². The Hall–Kier alpha value is -12.5. The number of benzene rings is 8. The number of H-pyrrole nitrogens is 4. The van der Waals surface area contributed by atoms with Gasteiger partial charge < -0.3 is 19.9 Å². The van der Waals surface area contributed by atoms with E-state index in [4.69, 9.17) is 15.0 Å². The Morgan fingerprint density at radius 3 is 0.764 bits per heavy atom. The van der Waals surface area contributed by atoms with E-state index in [1.165, 1.54) is 12.1 Å². The molecule has 123 heavy (non-hydrogen) atoms. The highest BCUT2D eigenvalue weighted by Gasteiger charge is 2.38. The van der Waals surface area contributed by atoms with Crippen LogP contribution in [0.1, 0.15) is 181 Å². The van der Waals surface area contributed by atoms with E-state index in [0.29, 0.717) is 55.8 Å². The Morgan fingerprint density at radius 1 is 0.211 bits per heavy atom. The third-order valence-corrected chi connectivity index (χ3v) is 24.0. The first kappa shape index (κ1) is 81.5. The van der Waals surface area contributed by atoms with Crippen molar-refractivity contribution in [3.63, 3.8) is 0 Å². The van der Waals surface area contributed by atoms with Gasteiger partial charge in [-0.05, 0) is 155 Å². The highest BCUT2D eigenvalue weighted by atomic mass is 19.2. The molecule has 8 aromatic carbocycles. The Bertz CT molecular complexity index is 7490. The summed E-state index contributed by atoms with van der Waals surface area (Å²) in [6.45, 7) is 38.0. The van der Waals surface area contributed by atoms with E-state index in [1.54, 1.807) is 12.1 Å². The number of hydrogen-bond donors (Lipinski definition) is 4. The molecule has 0 unspecified atom stereocenters. The van der Waals surface area contributed by atoms with Crippen molar-refractivity contribution in [2.45, 2.75) is 157 Å². The summed E-state index contributed by atoms with van der Waals surface area (Å²) >= 11 is 0. The Labute approximate surface area is 695 Å². The molecule has 0 radical (unpaired) electrons. The van der Waals surface area contributed by atoms with E-state index in [9.17, 15) is 0 Å². The van der Waals surface area contributed by atoms with Crippen molar-refractivity contribution in [3.8, 4) is 66.8 Å². The van der Waals surface area contributed by atoms with E-state index >= 15 is 65.9 Å². The number of halogens is 15. The van der Waals surface area contributed by atoms with Gasteiger partial charge in [-0.3, -0.25) is 0 Å². The van der Waals surface area contributed by atoms with Gasteiger partial charge in [-0.1, -0.05) is 179 Å². The van der Waals surface area contributed by atoms with Gasteiger partial charge in [0.15, 0.2) is 69.8 Å². The quantitative estimate of drug-likeness (QED) is 0.0754. The maximum absolute atomic E-state index is 17.5. The number of nitrogens with one attached hydrogen (secondary N) is 4. The predicted octanol–water partition coefficient (Wildman–Crippen LogP) is 29.5. The minimum absolute atomic E-state index is 0.0161. The lowest BCUT2D eigenvalue weighted by molar-refractivity contribution is 0.381. The second-order valence-electron chi connectivity index (χ2n) is 38.5. The third-order valence-electron chi connectivity index (χ3n) is 24.0. The van der Waals surface area contributed by atoms with Crippen LogP contribution in [0.15, 0.2) is 103 Å². The highest BCUT2D eigenvalue weighted by Crippen LogP contribution is 2.53. The number of fused-ring (bicyclic) bond motifs is 14. The maximum atomic E-state index is 17.5. The van der Waals surface area contributed by atoms with Gasteiger partial charge in [-0.25, -0.2) is 85.8 Å². The molecule has 16 aromatic rings. The summed E-state index contributed by atoms with van der Waals surface area (Å²) in [7, 11) is 0. The van der Waals surface area contributed by atoms with Crippen LogP contribution in [0.25, 0.3) is 190 Å². The molecule has 0 aliphatic carbocycles. The Balaban J connectivity index is 1.17. The molecule has 10 heterocycles. The van der Waals surface area contributed by atoms with Crippen molar-refractivity contribution in [2.75, 3.05) is 0 Å². The summed E-state index contributed by atoms with van der Waals surface area (Å²) in [6.07, 6.45) is 5.64. The van der Waals surface area contributed by atoms with Crippen molar-refractivity contribution < 1.29 is 65.9 Å². The lowest BCUT2D eigenvalue weighted by Gasteiger charge is -2.26. The van der Waals surface area contributed by atoms with Crippen molar-refractivity contribution in [1.82, 2.24) is 39.9 Å². The lowest BCUT2D eigenvalue weighted by Crippen LogP contribution is -2.16. The van der Waals surface area contributed by atoms with Crippen LogP contribution >= 0.6 is 0 Å². The first-order valence-corrected chi connectivity index (χ1v) is 40.0. The fourth-order valence-corrected chi connectivity index (χ4v) is 17.2. The van der Waals surface area contributed by atoms with Crippen LogP contribution in [0.4, 0.5) is 65.9 Å². The van der Waals surface area contributed by atoms with Crippen LogP contribution in [0.2, 0.25) is 0 Å². The van der Waals surface area contributed by atoms with Crippen LogP contribution in [0.3, 0.4) is 0 Å². The molecule has 2 aliphatic rings. The molecule has 18 rings (SSSR count). The Kier molecular flexibility index (Phi) is 18.0. The van der Waals surface area contributed by atoms with Crippen molar-refractivity contribution in [3.05, 3.63) is 247 Å². The summed E-state index contributed by atoms with van der Waals surface area (Å²) < 4.78 is 248. The molecule has 23 heteroatoms. The zero-order valence-electron chi connectivity index (χ0n) is 70.1. The van der Waals surface area contributed by atoms with Gasteiger partial charge in [0.25, 0.3) is 0 Å². The molecule has 16 bridgehead atoms. The van der Waals surface area contributed by atoms with Crippen LogP contribution in [-0.2, 0) is 32.5 Å². The van der Waals surface area contributed by atoms with Crippen LogP contribution in [-0.4, -0.2) is 39.9 Å². The maximum Gasteiger partial charge on any atom is 0.200 e. The molecule has 0 saturated carbocycles. The Morgan fingerprint density at radius 2 is 0.447 bits per heavy atom. The molecule has 8 nitrogen and oxygen atoms in total. The van der Waals surface area contributed by atoms with Crippen LogP contribution in [0, 0.1) is 87.3 Å². The number of hydrogen-bond acceptors (Lipinski definition) is 4. The van der Waals surface area contributed by atoms with E-state index in [0.717, 1.165) is 63.2 Å². The molecular formula is C100H79F15N8. The minimum Gasteiger partial charge on any atom is -0.354 e.